The van der Waals surface area contributed by atoms with Gasteiger partial charge in [-0.1, -0.05) is 12.1 Å². The van der Waals surface area contributed by atoms with Gasteiger partial charge in [-0.15, -0.1) is 0 Å². The molecule has 22 heavy (non-hydrogen) atoms. The summed E-state index contributed by atoms with van der Waals surface area (Å²) < 4.78 is 47.0. The molecule has 5 nitrogen and oxygen atoms in total. The second-order valence-electron chi connectivity index (χ2n) is 5.33. The Morgan fingerprint density at radius 2 is 2.00 bits per heavy atom. The molecule has 0 aromatic heterocycles. The maximum Gasteiger partial charge on any atom is 0.337 e. The first-order chi connectivity index (χ1) is 10.3. The zero-order valence-corrected chi connectivity index (χ0v) is 12.9. The lowest BCUT2D eigenvalue weighted by molar-refractivity contribution is 0.0744. The Labute approximate surface area is 128 Å². The van der Waals surface area contributed by atoms with Gasteiger partial charge in [0, 0.05) is 25.2 Å². The normalized spacial score (nSPS) is 18.6. The van der Waals surface area contributed by atoms with Crippen molar-refractivity contribution in [2.75, 3.05) is 20.1 Å². The molecule has 1 aromatic carbocycles. The predicted octanol–water partition coefficient (Wildman–Crippen LogP) is 1.26. The zero-order valence-electron chi connectivity index (χ0n) is 12.1. The molecular weight excluding hydrogens is 314 g/mol. The molecule has 1 heterocycles. The lowest BCUT2D eigenvalue weighted by Crippen LogP contribution is -2.38. The van der Waals surface area contributed by atoms with Crippen LogP contribution in [-0.4, -0.2) is 51.2 Å². The van der Waals surface area contributed by atoms with Crippen LogP contribution in [0, 0.1) is 0 Å². The van der Waals surface area contributed by atoms with E-state index in [1.807, 2.05) is 0 Å². The molecule has 1 amide bonds. The van der Waals surface area contributed by atoms with Crippen molar-refractivity contribution in [1.82, 2.24) is 10.2 Å². The first-order valence-corrected chi connectivity index (χ1v) is 8.59. The number of sulfone groups is 1. The van der Waals surface area contributed by atoms with Crippen molar-refractivity contribution in [3.05, 3.63) is 35.4 Å². The molecule has 0 radical (unpaired) electrons. The Morgan fingerprint density at radius 3 is 2.50 bits per heavy atom. The van der Waals surface area contributed by atoms with Crippen LogP contribution in [0.1, 0.15) is 22.3 Å². The van der Waals surface area contributed by atoms with Gasteiger partial charge in [0.05, 0.1) is 5.75 Å². The summed E-state index contributed by atoms with van der Waals surface area (Å²) in [7, 11) is -2.73. The van der Waals surface area contributed by atoms with Gasteiger partial charge in [-0.05, 0) is 30.7 Å². The van der Waals surface area contributed by atoms with Crippen LogP contribution in [0.4, 0.5) is 8.78 Å². The number of amides is 1. The third-order valence-electron chi connectivity index (χ3n) is 3.74. The van der Waals surface area contributed by atoms with E-state index < -0.39 is 21.3 Å². The monoisotopic (exact) mass is 332 g/mol. The molecule has 1 aromatic rings. The smallest absolute Gasteiger partial charge is 0.337 e. The number of hydrogen-bond donors (Lipinski definition) is 1. The Morgan fingerprint density at radius 1 is 1.36 bits per heavy atom. The van der Waals surface area contributed by atoms with Crippen molar-refractivity contribution in [3.8, 4) is 0 Å². The number of carbonyl (C=O) groups excluding carboxylic acids is 1. The minimum atomic E-state index is -4.45. The van der Waals surface area contributed by atoms with Crippen molar-refractivity contribution in [2.24, 2.45) is 0 Å². The quantitative estimate of drug-likeness (QED) is 0.881. The summed E-state index contributed by atoms with van der Waals surface area (Å²) in [6.45, 7) is 1.61. The lowest BCUT2D eigenvalue weighted by atomic mass is 10.1. The number of likely N-dealkylation sites (N-methyl/N-ethyl adjacent to an activating group) is 1. The fourth-order valence-corrected chi connectivity index (χ4v) is 3.16. The summed E-state index contributed by atoms with van der Waals surface area (Å²) in [5.41, 5.74) is 0.648. The summed E-state index contributed by atoms with van der Waals surface area (Å²) in [5, 5.41) is 3.17. The van der Waals surface area contributed by atoms with Crippen LogP contribution in [0.25, 0.3) is 0 Å². The minimum absolute atomic E-state index is 0.131. The highest BCUT2D eigenvalue weighted by Crippen LogP contribution is 2.16. The molecule has 0 aliphatic carbocycles. The van der Waals surface area contributed by atoms with E-state index in [1.165, 1.54) is 24.3 Å². The fraction of sp³-hybridized carbons (Fsp3) is 0.500. The van der Waals surface area contributed by atoms with Crippen LogP contribution >= 0.6 is 0 Å². The van der Waals surface area contributed by atoms with Crippen LogP contribution in [0.15, 0.2) is 24.3 Å². The number of hydrogen-bond acceptors (Lipinski definition) is 4. The van der Waals surface area contributed by atoms with E-state index in [-0.39, 0.29) is 17.5 Å². The second-order valence-corrected chi connectivity index (χ2v) is 7.30. The van der Waals surface area contributed by atoms with Crippen LogP contribution in [0.5, 0.6) is 0 Å². The number of benzene rings is 1. The molecule has 1 N–H and O–H groups in total. The molecule has 0 saturated carbocycles. The Balaban J connectivity index is 2.06. The summed E-state index contributed by atoms with van der Waals surface area (Å²) >= 11 is 0. The Kier molecular flexibility index (Phi) is 5.12. The first-order valence-electron chi connectivity index (χ1n) is 6.88. The van der Waals surface area contributed by atoms with Gasteiger partial charge in [0.1, 0.15) is 0 Å². The number of halogens is 2. The van der Waals surface area contributed by atoms with Gasteiger partial charge in [-0.2, -0.15) is 8.78 Å². The third kappa shape index (κ3) is 3.80. The largest absolute Gasteiger partial charge is 0.337 e. The maximum atomic E-state index is 12.3. The van der Waals surface area contributed by atoms with E-state index in [0.717, 1.165) is 19.5 Å². The summed E-state index contributed by atoms with van der Waals surface area (Å²) in [4.78, 5) is 13.9. The Hall–Kier alpha value is -1.54. The molecule has 1 unspecified atom stereocenters. The van der Waals surface area contributed by atoms with E-state index in [9.17, 15) is 22.0 Å². The van der Waals surface area contributed by atoms with Gasteiger partial charge in [0.15, 0.2) is 0 Å². The first kappa shape index (κ1) is 16.8. The molecule has 8 heteroatoms. The number of nitrogens with zero attached hydrogens (tertiary/aromatic N) is 1. The van der Waals surface area contributed by atoms with Crippen molar-refractivity contribution in [1.29, 1.82) is 0 Å². The highest BCUT2D eigenvalue weighted by molar-refractivity contribution is 7.90. The molecule has 0 bridgehead atoms. The lowest BCUT2D eigenvalue weighted by Gasteiger charge is -2.23. The summed E-state index contributed by atoms with van der Waals surface area (Å²) in [6.07, 6.45) is 0.882. The van der Waals surface area contributed by atoms with E-state index in [2.05, 4.69) is 5.32 Å². The molecule has 1 saturated heterocycles. The number of rotatable bonds is 5. The topological polar surface area (TPSA) is 66.5 Å². The molecular formula is C14H18F2N2O3S. The standard InChI is InChI=1S/C14H18F2N2O3S/c1-18(12-6-7-17-8-12)13(19)11-4-2-10(3-5-11)9-22(20,21)14(15)16/h2-5,12,14,17H,6-9H2,1H3. The van der Waals surface area contributed by atoms with Crippen molar-refractivity contribution < 1.29 is 22.0 Å². The Bertz CT molecular complexity index is 626. The van der Waals surface area contributed by atoms with E-state index >= 15 is 0 Å². The number of nitrogens with one attached hydrogen (secondary N) is 1. The molecule has 1 fully saturated rings. The van der Waals surface area contributed by atoms with Crippen molar-refractivity contribution in [3.63, 3.8) is 0 Å². The third-order valence-corrected chi connectivity index (χ3v) is 5.02. The maximum absolute atomic E-state index is 12.3. The van der Waals surface area contributed by atoms with Crippen molar-refractivity contribution in [2.45, 2.75) is 24.0 Å². The van der Waals surface area contributed by atoms with Gasteiger partial charge in [0.2, 0.25) is 9.84 Å². The SMILES string of the molecule is CN(C(=O)c1ccc(CS(=O)(=O)C(F)F)cc1)C1CCNC1. The van der Waals surface area contributed by atoms with Gasteiger partial charge in [0.25, 0.3) is 5.91 Å². The molecule has 122 valence electrons. The van der Waals surface area contributed by atoms with Crippen LogP contribution < -0.4 is 5.32 Å². The number of alkyl halides is 2. The van der Waals surface area contributed by atoms with E-state index in [4.69, 9.17) is 0 Å². The number of carbonyl (C=O) groups is 1. The second kappa shape index (κ2) is 6.70. The predicted molar refractivity (Wildman–Crippen MR) is 78.4 cm³/mol. The average molecular weight is 332 g/mol. The van der Waals surface area contributed by atoms with Crippen LogP contribution in [-0.2, 0) is 15.6 Å². The van der Waals surface area contributed by atoms with Gasteiger partial charge in [-0.3, -0.25) is 4.79 Å². The highest BCUT2D eigenvalue weighted by atomic mass is 32.2. The molecule has 1 aliphatic heterocycles. The van der Waals surface area contributed by atoms with E-state index in [1.54, 1.807) is 11.9 Å². The molecule has 1 aliphatic rings. The van der Waals surface area contributed by atoms with Gasteiger partial charge in [-0.25, -0.2) is 8.42 Å². The zero-order chi connectivity index (χ0) is 16.3. The average Bonchev–Trinajstić information content (AvgIpc) is 3.00. The minimum Gasteiger partial charge on any atom is -0.337 e. The summed E-state index contributed by atoms with van der Waals surface area (Å²) in [5.74, 6) is -4.30. The molecule has 2 rings (SSSR count). The molecule has 0 spiro atoms. The highest BCUT2D eigenvalue weighted by Gasteiger charge is 2.26. The van der Waals surface area contributed by atoms with Crippen molar-refractivity contribution >= 4 is 15.7 Å². The van der Waals surface area contributed by atoms with Crippen LogP contribution in [0.3, 0.4) is 0 Å². The van der Waals surface area contributed by atoms with Gasteiger partial charge >= 0.3 is 5.76 Å². The van der Waals surface area contributed by atoms with Crippen LogP contribution in [0.2, 0.25) is 0 Å². The summed E-state index contributed by atoms with van der Waals surface area (Å²) in [6, 6.07) is 5.86. The van der Waals surface area contributed by atoms with Gasteiger partial charge < -0.3 is 10.2 Å². The molecule has 1 atom stereocenters. The fourth-order valence-electron chi connectivity index (χ4n) is 2.38. The van der Waals surface area contributed by atoms with E-state index in [0.29, 0.717) is 5.56 Å².